The number of nitrogens with zero attached hydrogens (tertiary/aromatic N) is 1. The van der Waals surface area contributed by atoms with Gasteiger partial charge in [0.15, 0.2) is 0 Å². The zero-order chi connectivity index (χ0) is 13.2. The summed E-state index contributed by atoms with van der Waals surface area (Å²) in [6.07, 6.45) is 4.58. The largest absolute Gasteiger partial charge is 0.332 e. The molecule has 0 saturated heterocycles. The quantitative estimate of drug-likeness (QED) is 0.766. The van der Waals surface area contributed by atoms with Crippen LogP contribution in [0.2, 0.25) is 0 Å². The van der Waals surface area contributed by atoms with Crippen LogP contribution in [0.15, 0.2) is 35.0 Å². The first kappa shape index (κ1) is 12.6. The summed E-state index contributed by atoms with van der Waals surface area (Å²) in [6, 6.07) is 6.35. The lowest BCUT2D eigenvalue weighted by molar-refractivity contribution is -0.128. The van der Waals surface area contributed by atoms with Gasteiger partial charge in [0.1, 0.15) is 0 Å². The number of rotatable bonds is 2. The Labute approximate surface area is 121 Å². The maximum Gasteiger partial charge on any atom is 0.247 e. The summed E-state index contributed by atoms with van der Waals surface area (Å²) in [7, 11) is 0. The number of thiophene rings is 2. The van der Waals surface area contributed by atoms with E-state index in [1.165, 1.54) is 10.4 Å². The topological polar surface area (TPSA) is 20.3 Å². The number of carbonyl (C=O) groups excluding carboxylic acids is 1. The van der Waals surface area contributed by atoms with Gasteiger partial charge in [-0.15, -0.1) is 22.7 Å². The van der Waals surface area contributed by atoms with Crippen molar-refractivity contribution in [2.24, 2.45) is 0 Å². The van der Waals surface area contributed by atoms with Gasteiger partial charge in [-0.05, 0) is 47.9 Å². The number of amides is 1. The summed E-state index contributed by atoms with van der Waals surface area (Å²) in [4.78, 5) is 16.8. The van der Waals surface area contributed by atoms with Gasteiger partial charge in [-0.1, -0.05) is 6.07 Å². The Morgan fingerprint density at radius 1 is 1.37 bits per heavy atom. The summed E-state index contributed by atoms with van der Waals surface area (Å²) in [5.74, 6) is 0.109. The van der Waals surface area contributed by atoms with Gasteiger partial charge >= 0.3 is 0 Å². The van der Waals surface area contributed by atoms with E-state index in [1.54, 1.807) is 28.7 Å². The van der Waals surface area contributed by atoms with Gasteiger partial charge in [-0.3, -0.25) is 4.79 Å². The minimum atomic E-state index is 0.109. The second kappa shape index (κ2) is 5.31. The fraction of sp³-hybridized carbons (Fsp3) is 0.267. The van der Waals surface area contributed by atoms with Crippen LogP contribution < -0.4 is 0 Å². The molecule has 98 valence electrons. The standard InChI is InChI=1S/C15H15NOS2/c1-11-13-7-10-19-14(13)6-8-16(11)15(17)5-4-12-3-2-9-18-12/h2-5,7,9-11H,6,8H2,1H3/b5-4+/t11-/m1/s1. The van der Waals surface area contributed by atoms with Crippen molar-refractivity contribution in [3.63, 3.8) is 0 Å². The molecule has 2 aromatic rings. The van der Waals surface area contributed by atoms with Crippen molar-refractivity contribution in [1.82, 2.24) is 4.90 Å². The molecule has 0 unspecified atom stereocenters. The van der Waals surface area contributed by atoms with E-state index in [-0.39, 0.29) is 11.9 Å². The normalized spacial score (nSPS) is 18.8. The first-order chi connectivity index (χ1) is 9.25. The van der Waals surface area contributed by atoms with Gasteiger partial charge in [0.25, 0.3) is 0 Å². The molecule has 0 saturated carbocycles. The Balaban J connectivity index is 1.75. The van der Waals surface area contributed by atoms with Crippen LogP contribution in [0, 0.1) is 0 Å². The highest BCUT2D eigenvalue weighted by atomic mass is 32.1. The van der Waals surface area contributed by atoms with Crippen LogP contribution in [0.4, 0.5) is 0 Å². The number of hydrogen-bond acceptors (Lipinski definition) is 3. The van der Waals surface area contributed by atoms with Gasteiger partial charge in [0.2, 0.25) is 5.91 Å². The number of hydrogen-bond donors (Lipinski definition) is 0. The molecule has 19 heavy (non-hydrogen) atoms. The van der Waals surface area contributed by atoms with Crippen molar-refractivity contribution in [1.29, 1.82) is 0 Å². The lowest BCUT2D eigenvalue weighted by atomic mass is 10.0. The molecule has 0 fully saturated rings. The van der Waals surface area contributed by atoms with Gasteiger partial charge in [0, 0.05) is 22.4 Å². The van der Waals surface area contributed by atoms with E-state index in [9.17, 15) is 4.79 Å². The second-order valence-electron chi connectivity index (χ2n) is 4.61. The van der Waals surface area contributed by atoms with Crippen molar-refractivity contribution in [2.75, 3.05) is 6.54 Å². The lowest BCUT2D eigenvalue weighted by Gasteiger charge is -2.32. The summed E-state index contributed by atoms with van der Waals surface area (Å²) >= 11 is 3.45. The Morgan fingerprint density at radius 2 is 2.26 bits per heavy atom. The SMILES string of the molecule is C[C@@H]1c2ccsc2CCN1C(=O)/C=C/c1cccs1. The molecule has 4 heteroatoms. The van der Waals surface area contributed by atoms with E-state index in [1.807, 2.05) is 28.5 Å². The van der Waals surface area contributed by atoms with E-state index < -0.39 is 0 Å². The van der Waals surface area contributed by atoms with E-state index in [4.69, 9.17) is 0 Å². The summed E-state index contributed by atoms with van der Waals surface area (Å²) in [5.41, 5.74) is 1.31. The van der Waals surface area contributed by atoms with Crippen LogP contribution in [0.5, 0.6) is 0 Å². The molecule has 1 amide bonds. The zero-order valence-corrected chi connectivity index (χ0v) is 12.3. The fourth-order valence-corrected chi connectivity index (χ4v) is 4.03. The Kier molecular flexibility index (Phi) is 3.53. The monoisotopic (exact) mass is 289 g/mol. The maximum absolute atomic E-state index is 12.3. The molecule has 3 rings (SSSR count). The molecule has 1 atom stereocenters. The molecule has 2 nitrogen and oxygen atoms in total. The average Bonchev–Trinajstić information content (AvgIpc) is 3.07. The first-order valence-corrected chi connectivity index (χ1v) is 8.10. The average molecular weight is 289 g/mol. The Bertz CT molecular complexity index is 597. The molecule has 2 aromatic heterocycles. The van der Waals surface area contributed by atoms with Gasteiger partial charge in [0.05, 0.1) is 6.04 Å². The van der Waals surface area contributed by atoms with Crippen molar-refractivity contribution in [3.05, 3.63) is 50.4 Å². The lowest BCUT2D eigenvalue weighted by Crippen LogP contribution is -2.37. The Hall–Kier alpha value is -1.39. The van der Waals surface area contributed by atoms with Crippen molar-refractivity contribution in [2.45, 2.75) is 19.4 Å². The molecule has 0 aliphatic carbocycles. The minimum absolute atomic E-state index is 0.109. The highest BCUT2D eigenvalue weighted by molar-refractivity contribution is 7.10. The molecule has 0 aromatic carbocycles. The first-order valence-electron chi connectivity index (χ1n) is 6.34. The fourth-order valence-electron chi connectivity index (χ4n) is 2.45. The molecule has 3 heterocycles. The minimum Gasteiger partial charge on any atom is -0.332 e. The molecule has 1 aliphatic heterocycles. The second-order valence-corrected chi connectivity index (χ2v) is 6.59. The Morgan fingerprint density at radius 3 is 3.05 bits per heavy atom. The van der Waals surface area contributed by atoms with Crippen LogP contribution in [-0.2, 0) is 11.2 Å². The van der Waals surface area contributed by atoms with E-state index in [0.717, 1.165) is 17.8 Å². The predicted molar refractivity (Wildman–Crippen MR) is 81.5 cm³/mol. The molecular formula is C15H15NOS2. The zero-order valence-electron chi connectivity index (χ0n) is 10.7. The number of fused-ring (bicyclic) bond motifs is 1. The molecule has 0 radical (unpaired) electrons. The summed E-state index contributed by atoms with van der Waals surface area (Å²) < 4.78 is 0. The number of carbonyl (C=O) groups is 1. The van der Waals surface area contributed by atoms with Gasteiger partial charge < -0.3 is 4.90 Å². The van der Waals surface area contributed by atoms with Crippen LogP contribution in [0.25, 0.3) is 6.08 Å². The molecule has 0 bridgehead atoms. The van der Waals surface area contributed by atoms with Crippen LogP contribution >= 0.6 is 22.7 Å². The molecule has 0 N–H and O–H groups in total. The summed E-state index contributed by atoms with van der Waals surface area (Å²) in [6.45, 7) is 2.93. The van der Waals surface area contributed by atoms with Crippen molar-refractivity contribution >= 4 is 34.7 Å². The van der Waals surface area contributed by atoms with Crippen LogP contribution in [0.1, 0.15) is 28.3 Å². The third-order valence-corrected chi connectivity index (χ3v) is 5.33. The molecule has 0 spiro atoms. The molecular weight excluding hydrogens is 274 g/mol. The third-order valence-electron chi connectivity index (χ3n) is 3.49. The van der Waals surface area contributed by atoms with Gasteiger partial charge in [-0.25, -0.2) is 0 Å². The predicted octanol–water partition coefficient (Wildman–Crippen LogP) is 3.97. The van der Waals surface area contributed by atoms with E-state index in [2.05, 4.69) is 18.4 Å². The van der Waals surface area contributed by atoms with Crippen molar-refractivity contribution < 1.29 is 4.79 Å². The van der Waals surface area contributed by atoms with Crippen LogP contribution in [0.3, 0.4) is 0 Å². The van der Waals surface area contributed by atoms with Crippen LogP contribution in [-0.4, -0.2) is 17.4 Å². The highest BCUT2D eigenvalue weighted by Crippen LogP contribution is 2.32. The van der Waals surface area contributed by atoms with E-state index >= 15 is 0 Å². The van der Waals surface area contributed by atoms with E-state index in [0.29, 0.717) is 0 Å². The third kappa shape index (κ3) is 2.51. The molecule has 1 aliphatic rings. The summed E-state index contributed by atoms with van der Waals surface area (Å²) in [5, 5.41) is 4.14. The van der Waals surface area contributed by atoms with Crippen molar-refractivity contribution in [3.8, 4) is 0 Å². The maximum atomic E-state index is 12.3. The van der Waals surface area contributed by atoms with Gasteiger partial charge in [-0.2, -0.15) is 0 Å². The highest BCUT2D eigenvalue weighted by Gasteiger charge is 2.26. The smallest absolute Gasteiger partial charge is 0.247 e.